The zero-order valence-corrected chi connectivity index (χ0v) is 12.5. The largest absolute Gasteiger partial charge is 0.314 e. The first-order valence-electron chi connectivity index (χ1n) is 6.14. The summed E-state index contributed by atoms with van der Waals surface area (Å²) in [4.78, 5) is 10.3. The quantitative estimate of drug-likeness (QED) is 0.641. The van der Waals surface area contributed by atoms with Crippen LogP contribution in [0.4, 0.5) is 5.69 Å². The predicted octanol–water partition coefficient (Wildman–Crippen LogP) is 3.85. The van der Waals surface area contributed by atoms with Gasteiger partial charge in [-0.2, -0.15) is 0 Å². The van der Waals surface area contributed by atoms with Gasteiger partial charge in [-0.25, -0.2) is 0 Å². The molecule has 2 atom stereocenters. The summed E-state index contributed by atoms with van der Waals surface area (Å²) in [6.07, 6.45) is 1.10. The van der Waals surface area contributed by atoms with Crippen LogP contribution in [0.15, 0.2) is 22.7 Å². The first kappa shape index (κ1) is 15.1. The molecule has 18 heavy (non-hydrogen) atoms. The zero-order valence-electron chi connectivity index (χ0n) is 10.9. The molecule has 0 aliphatic heterocycles. The summed E-state index contributed by atoms with van der Waals surface area (Å²) >= 11 is 3.42. The lowest BCUT2D eigenvalue weighted by Crippen LogP contribution is -2.31. The minimum absolute atomic E-state index is 0.118. The number of rotatable bonds is 6. The highest BCUT2D eigenvalue weighted by Gasteiger charge is 2.18. The van der Waals surface area contributed by atoms with Crippen molar-refractivity contribution >= 4 is 21.6 Å². The average Bonchev–Trinajstić information content (AvgIpc) is 2.34. The summed E-state index contributed by atoms with van der Waals surface area (Å²) in [7, 11) is 0. The Hall–Kier alpha value is -0.940. The second-order valence-corrected chi connectivity index (χ2v) is 5.35. The molecule has 5 heteroatoms. The van der Waals surface area contributed by atoms with Crippen LogP contribution in [0.1, 0.15) is 38.7 Å². The summed E-state index contributed by atoms with van der Waals surface area (Å²) in [5, 5.41) is 14.1. The Kier molecular flexibility index (Phi) is 5.75. The number of hydrogen-bond acceptors (Lipinski definition) is 3. The Labute approximate surface area is 116 Å². The Morgan fingerprint density at radius 1 is 1.44 bits per heavy atom. The van der Waals surface area contributed by atoms with E-state index >= 15 is 0 Å². The lowest BCUT2D eigenvalue weighted by molar-refractivity contribution is -0.384. The van der Waals surface area contributed by atoms with Gasteiger partial charge in [0.15, 0.2) is 0 Å². The van der Waals surface area contributed by atoms with E-state index in [0.717, 1.165) is 23.0 Å². The Morgan fingerprint density at radius 3 is 2.61 bits per heavy atom. The van der Waals surface area contributed by atoms with Crippen molar-refractivity contribution in [1.82, 2.24) is 5.32 Å². The van der Waals surface area contributed by atoms with Crippen molar-refractivity contribution in [3.05, 3.63) is 38.3 Å². The van der Waals surface area contributed by atoms with Gasteiger partial charge in [0.2, 0.25) is 0 Å². The first-order chi connectivity index (χ1) is 8.47. The van der Waals surface area contributed by atoms with Crippen molar-refractivity contribution < 1.29 is 4.92 Å². The van der Waals surface area contributed by atoms with E-state index in [2.05, 4.69) is 42.0 Å². The highest BCUT2D eigenvalue weighted by Crippen LogP contribution is 2.30. The molecule has 0 bridgehead atoms. The maximum Gasteiger partial charge on any atom is 0.270 e. The summed E-state index contributed by atoms with van der Waals surface area (Å²) < 4.78 is 0.800. The molecule has 4 nitrogen and oxygen atoms in total. The molecule has 2 unspecified atom stereocenters. The lowest BCUT2D eigenvalue weighted by atomic mass is 9.94. The fourth-order valence-electron chi connectivity index (χ4n) is 1.82. The Bertz CT molecular complexity index is 423. The number of nitrogens with zero attached hydrogens (tertiary/aromatic N) is 1. The van der Waals surface area contributed by atoms with E-state index in [1.165, 1.54) is 0 Å². The molecule has 0 aromatic heterocycles. The van der Waals surface area contributed by atoms with Gasteiger partial charge in [0, 0.05) is 22.6 Å². The highest BCUT2D eigenvalue weighted by molar-refractivity contribution is 9.10. The molecular weight excluding hydrogens is 296 g/mol. The smallest absolute Gasteiger partial charge is 0.270 e. The molecular formula is C13H19BrN2O2. The maximum atomic E-state index is 10.7. The number of benzene rings is 1. The van der Waals surface area contributed by atoms with E-state index in [9.17, 15) is 10.1 Å². The number of nitro benzene ring substituents is 1. The van der Waals surface area contributed by atoms with E-state index in [1.807, 2.05) is 6.07 Å². The molecule has 0 fully saturated rings. The lowest BCUT2D eigenvalue weighted by Gasteiger charge is -2.22. The summed E-state index contributed by atoms with van der Waals surface area (Å²) in [6, 6.07) is 5.29. The van der Waals surface area contributed by atoms with Gasteiger partial charge < -0.3 is 5.32 Å². The molecule has 0 amide bonds. The molecule has 0 heterocycles. The topological polar surface area (TPSA) is 55.2 Å². The molecule has 0 spiro atoms. The second-order valence-electron chi connectivity index (χ2n) is 4.49. The molecule has 1 aromatic rings. The number of hydrogen-bond donors (Lipinski definition) is 1. The molecule has 0 saturated carbocycles. The van der Waals surface area contributed by atoms with Crippen molar-refractivity contribution in [2.24, 2.45) is 0 Å². The Balaban J connectivity index is 2.86. The summed E-state index contributed by atoms with van der Waals surface area (Å²) in [5.74, 6) is 0.298. The Morgan fingerprint density at radius 2 is 2.11 bits per heavy atom. The van der Waals surface area contributed by atoms with E-state index in [4.69, 9.17) is 0 Å². The van der Waals surface area contributed by atoms with Crippen molar-refractivity contribution in [2.45, 2.75) is 39.2 Å². The fraction of sp³-hybridized carbons (Fsp3) is 0.538. The number of nitrogens with one attached hydrogen (secondary N) is 1. The highest BCUT2D eigenvalue weighted by atomic mass is 79.9. The van der Waals surface area contributed by atoms with E-state index < -0.39 is 0 Å². The van der Waals surface area contributed by atoms with Crippen LogP contribution in [0.3, 0.4) is 0 Å². The fourth-order valence-corrected chi connectivity index (χ4v) is 2.54. The van der Waals surface area contributed by atoms with Crippen LogP contribution in [-0.2, 0) is 0 Å². The summed E-state index contributed by atoms with van der Waals surface area (Å²) in [5.41, 5.74) is 1.21. The average molecular weight is 315 g/mol. The van der Waals surface area contributed by atoms with Crippen LogP contribution in [0, 0.1) is 10.1 Å². The number of halogens is 1. The van der Waals surface area contributed by atoms with Gasteiger partial charge in [-0.15, -0.1) is 0 Å². The SMILES string of the molecule is CCCNC(C)C(C)c1ccc([N+](=O)[O-])cc1Br. The van der Waals surface area contributed by atoms with Crippen molar-refractivity contribution in [3.63, 3.8) is 0 Å². The minimum atomic E-state index is -0.377. The van der Waals surface area contributed by atoms with Crippen molar-refractivity contribution in [1.29, 1.82) is 0 Å². The van der Waals surface area contributed by atoms with Crippen molar-refractivity contribution in [3.8, 4) is 0 Å². The van der Waals surface area contributed by atoms with Gasteiger partial charge in [0.1, 0.15) is 0 Å². The first-order valence-corrected chi connectivity index (χ1v) is 6.93. The molecule has 1 rings (SSSR count). The van der Waals surface area contributed by atoms with Crippen LogP contribution in [-0.4, -0.2) is 17.5 Å². The molecule has 0 radical (unpaired) electrons. The molecule has 1 N–H and O–H groups in total. The molecule has 0 aliphatic carbocycles. The zero-order chi connectivity index (χ0) is 13.7. The number of non-ortho nitro benzene ring substituents is 1. The van der Waals surface area contributed by atoms with Gasteiger partial charge in [-0.05, 0) is 31.4 Å². The van der Waals surface area contributed by atoms with Crippen LogP contribution in [0.2, 0.25) is 0 Å². The second kappa shape index (κ2) is 6.85. The van der Waals surface area contributed by atoms with E-state index in [1.54, 1.807) is 12.1 Å². The van der Waals surface area contributed by atoms with Gasteiger partial charge in [-0.1, -0.05) is 35.8 Å². The molecule has 100 valence electrons. The van der Waals surface area contributed by atoms with Crippen LogP contribution in [0.25, 0.3) is 0 Å². The summed E-state index contributed by atoms with van der Waals surface area (Å²) in [6.45, 7) is 7.37. The number of nitro groups is 1. The maximum absolute atomic E-state index is 10.7. The van der Waals surface area contributed by atoms with Gasteiger partial charge in [-0.3, -0.25) is 10.1 Å². The molecule has 1 aromatic carbocycles. The third kappa shape index (κ3) is 3.78. The van der Waals surface area contributed by atoms with Gasteiger partial charge in [0.05, 0.1) is 4.92 Å². The van der Waals surface area contributed by atoms with Gasteiger partial charge >= 0.3 is 0 Å². The van der Waals surface area contributed by atoms with E-state index in [0.29, 0.717) is 12.0 Å². The third-order valence-corrected chi connectivity index (χ3v) is 3.84. The molecule has 0 saturated heterocycles. The monoisotopic (exact) mass is 314 g/mol. The normalized spacial score (nSPS) is 14.2. The van der Waals surface area contributed by atoms with Gasteiger partial charge in [0.25, 0.3) is 5.69 Å². The van der Waals surface area contributed by atoms with Crippen LogP contribution >= 0.6 is 15.9 Å². The third-order valence-electron chi connectivity index (χ3n) is 3.15. The predicted molar refractivity (Wildman–Crippen MR) is 77.0 cm³/mol. The van der Waals surface area contributed by atoms with Crippen molar-refractivity contribution in [2.75, 3.05) is 6.54 Å². The van der Waals surface area contributed by atoms with E-state index in [-0.39, 0.29) is 10.6 Å². The van der Waals surface area contributed by atoms with Crippen LogP contribution < -0.4 is 5.32 Å². The standard InChI is InChI=1S/C13H19BrN2O2/c1-4-7-15-10(3)9(2)12-6-5-11(16(17)18)8-13(12)14/h5-6,8-10,15H,4,7H2,1-3H3. The van der Waals surface area contributed by atoms with Crippen LogP contribution in [0.5, 0.6) is 0 Å². The molecule has 0 aliphatic rings. The minimum Gasteiger partial charge on any atom is -0.314 e.